The Bertz CT molecular complexity index is 696. The quantitative estimate of drug-likeness (QED) is 0.287. The predicted octanol–water partition coefficient (Wildman–Crippen LogP) is 3.48. The van der Waals surface area contributed by atoms with Crippen molar-refractivity contribution in [2.45, 2.75) is 19.9 Å². The molecule has 0 radical (unpaired) electrons. The van der Waals surface area contributed by atoms with Gasteiger partial charge in [-0.2, -0.15) is 0 Å². The van der Waals surface area contributed by atoms with E-state index in [2.05, 4.69) is 21.9 Å². The van der Waals surface area contributed by atoms with Crippen LogP contribution in [0.1, 0.15) is 18.5 Å². The van der Waals surface area contributed by atoms with Crippen molar-refractivity contribution in [3.05, 3.63) is 53.5 Å². The number of rotatable bonds is 7. The summed E-state index contributed by atoms with van der Waals surface area (Å²) in [4.78, 5) is 11.0. The number of aromatic nitrogens is 2. The summed E-state index contributed by atoms with van der Waals surface area (Å²) in [7, 11) is 3.87. The first-order valence-electron chi connectivity index (χ1n) is 7.79. The van der Waals surface area contributed by atoms with Crippen LogP contribution in [0.4, 0.5) is 0 Å². The molecular weight excluding hydrogens is 453 g/mol. The molecule has 2 aromatic rings. The first-order valence-corrected chi connectivity index (χ1v) is 8.17. The molecule has 2 aromatic heterocycles. The van der Waals surface area contributed by atoms with Crippen LogP contribution in [0.5, 0.6) is 0 Å². The van der Waals surface area contributed by atoms with Crippen LogP contribution in [0.25, 0.3) is 0 Å². The summed E-state index contributed by atoms with van der Waals surface area (Å²) >= 11 is 6.05. The maximum atomic E-state index is 6.05. The van der Waals surface area contributed by atoms with Crippen molar-refractivity contribution in [1.82, 2.24) is 19.8 Å². The number of guanidine groups is 1. The summed E-state index contributed by atoms with van der Waals surface area (Å²) in [6.07, 6.45) is 4.13. The summed E-state index contributed by atoms with van der Waals surface area (Å²) in [6, 6.07) is 3.86. The summed E-state index contributed by atoms with van der Waals surface area (Å²) in [5.74, 6) is 2.61. The van der Waals surface area contributed by atoms with Crippen molar-refractivity contribution in [2.75, 3.05) is 20.1 Å². The smallest absolute Gasteiger partial charge is 0.194 e. The van der Waals surface area contributed by atoms with E-state index in [0.29, 0.717) is 18.2 Å². The lowest BCUT2D eigenvalue weighted by molar-refractivity contribution is 0.449. The van der Waals surface area contributed by atoms with Crippen LogP contribution >= 0.6 is 35.6 Å². The molecule has 25 heavy (non-hydrogen) atoms. The van der Waals surface area contributed by atoms with Crippen molar-refractivity contribution in [1.29, 1.82) is 0 Å². The van der Waals surface area contributed by atoms with Crippen LogP contribution in [-0.2, 0) is 20.0 Å². The average molecular weight is 478 g/mol. The average Bonchev–Trinajstić information content (AvgIpc) is 3.16. The molecule has 0 unspecified atom stereocenters. The standard InChI is InChI=1S/C17H24ClN5O.HI/c1-13(2)10-21-17(19-8-7-14-6-5-9-24-14)22(3)12-16-20-11-15(18)23(16)4;/h5-6,9,11H,1,7-8,10,12H2,2-4H3,(H,19,21);1H. The second kappa shape index (κ2) is 10.5. The molecule has 1 N–H and O–H groups in total. The highest BCUT2D eigenvalue weighted by Crippen LogP contribution is 2.10. The second-order valence-corrected chi connectivity index (χ2v) is 6.15. The minimum absolute atomic E-state index is 0. The van der Waals surface area contributed by atoms with E-state index in [0.717, 1.165) is 36.1 Å². The number of nitrogens with zero attached hydrogens (tertiary/aromatic N) is 4. The molecule has 2 heterocycles. The molecule has 0 fully saturated rings. The van der Waals surface area contributed by atoms with Gasteiger partial charge in [-0.05, 0) is 19.1 Å². The predicted molar refractivity (Wildman–Crippen MR) is 113 cm³/mol. The Balaban J connectivity index is 0.00000312. The van der Waals surface area contributed by atoms with Crippen LogP contribution in [0, 0.1) is 0 Å². The van der Waals surface area contributed by atoms with E-state index in [1.165, 1.54) is 0 Å². The lowest BCUT2D eigenvalue weighted by atomic mass is 10.3. The normalized spacial score (nSPS) is 11.1. The molecular formula is C17H25ClIN5O. The van der Waals surface area contributed by atoms with Crippen LogP contribution in [0.3, 0.4) is 0 Å². The summed E-state index contributed by atoms with van der Waals surface area (Å²) in [6.45, 7) is 7.78. The number of aliphatic imine (C=N–C) groups is 1. The van der Waals surface area contributed by atoms with Gasteiger partial charge < -0.3 is 19.2 Å². The van der Waals surface area contributed by atoms with Gasteiger partial charge in [0, 0.05) is 27.1 Å². The highest BCUT2D eigenvalue weighted by Gasteiger charge is 2.12. The zero-order chi connectivity index (χ0) is 17.5. The second-order valence-electron chi connectivity index (χ2n) is 5.77. The van der Waals surface area contributed by atoms with Gasteiger partial charge in [0.1, 0.15) is 16.7 Å². The Morgan fingerprint density at radius 2 is 2.28 bits per heavy atom. The number of hydrogen-bond donors (Lipinski definition) is 1. The molecule has 8 heteroatoms. The molecule has 138 valence electrons. The van der Waals surface area contributed by atoms with Gasteiger partial charge in [0.05, 0.1) is 25.5 Å². The molecule has 0 amide bonds. The molecule has 0 spiro atoms. The third-order valence-corrected chi connectivity index (χ3v) is 3.85. The molecule has 0 atom stereocenters. The van der Waals surface area contributed by atoms with Gasteiger partial charge in [0.2, 0.25) is 0 Å². The van der Waals surface area contributed by atoms with E-state index in [-0.39, 0.29) is 24.0 Å². The monoisotopic (exact) mass is 477 g/mol. The number of nitrogens with one attached hydrogen (secondary N) is 1. The van der Waals surface area contributed by atoms with E-state index in [9.17, 15) is 0 Å². The Kier molecular flexibility index (Phi) is 9.05. The Morgan fingerprint density at radius 1 is 1.52 bits per heavy atom. The Morgan fingerprint density at radius 3 is 2.84 bits per heavy atom. The van der Waals surface area contributed by atoms with E-state index >= 15 is 0 Å². The summed E-state index contributed by atoms with van der Waals surface area (Å²) in [5, 5.41) is 3.98. The minimum Gasteiger partial charge on any atom is -0.469 e. The van der Waals surface area contributed by atoms with Crippen LogP contribution < -0.4 is 5.32 Å². The zero-order valence-electron chi connectivity index (χ0n) is 14.8. The Hall–Kier alpha value is -1.48. The summed E-state index contributed by atoms with van der Waals surface area (Å²) in [5.41, 5.74) is 1.01. The van der Waals surface area contributed by atoms with Gasteiger partial charge in [0.25, 0.3) is 0 Å². The highest BCUT2D eigenvalue weighted by molar-refractivity contribution is 14.0. The van der Waals surface area contributed by atoms with Gasteiger partial charge in [0.15, 0.2) is 5.96 Å². The first kappa shape index (κ1) is 21.6. The van der Waals surface area contributed by atoms with Crippen LogP contribution in [0.15, 0.2) is 46.2 Å². The zero-order valence-corrected chi connectivity index (χ0v) is 17.9. The topological polar surface area (TPSA) is 58.6 Å². The van der Waals surface area contributed by atoms with E-state index in [4.69, 9.17) is 16.0 Å². The molecule has 0 saturated heterocycles. The van der Waals surface area contributed by atoms with E-state index < -0.39 is 0 Å². The maximum Gasteiger partial charge on any atom is 0.194 e. The van der Waals surface area contributed by atoms with Crippen molar-refractivity contribution >= 4 is 41.5 Å². The fourth-order valence-corrected chi connectivity index (χ4v) is 2.28. The number of hydrogen-bond acceptors (Lipinski definition) is 3. The maximum absolute atomic E-state index is 6.05. The third-order valence-electron chi connectivity index (χ3n) is 3.50. The van der Waals surface area contributed by atoms with E-state index in [1.807, 2.05) is 42.6 Å². The molecule has 0 bridgehead atoms. The lowest BCUT2D eigenvalue weighted by Gasteiger charge is -2.22. The fourth-order valence-electron chi connectivity index (χ4n) is 2.13. The van der Waals surface area contributed by atoms with Crippen LogP contribution in [0.2, 0.25) is 5.15 Å². The van der Waals surface area contributed by atoms with Crippen molar-refractivity contribution in [3.63, 3.8) is 0 Å². The van der Waals surface area contributed by atoms with Crippen LogP contribution in [-0.4, -0.2) is 40.5 Å². The molecule has 0 aromatic carbocycles. The van der Waals surface area contributed by atoms with Gasteiger partial charge >= 0.3 is 0 Å². The minimum atomic E-state index is 0. The van der Waals surface area contributed by atoms with E-state index in [1.54, 1.807) is 12.5 Å². The SMILES string of the molecule is C=C(C)CN=C(NCCc1ccco1)N(C)Cc1ncc(Cl)n1C.I. The van der Waals surface area contributed by atoms with Crippen molar-refractivity contribution in [2.24, 2.45) is 12.0 Å². The summed E-state index contributed by atoms with van der Waals surface area (Å²) < 4.78 is 7.21. The molecule has 2 rings (SSSR count). The number of furan rings is 1. The third kappa shape index (κ3) is 6.74. The number of halogens is 2. The molecule has 6 nitrogen and oxygen atoms in total. The molecule has 0 aliphatic heterocycles. The largest absolute Gasteiger partial charge is 0.469 e. The first-order chi connectivity index (χ1) is 11.5. The highest BCUT2D eigenvalue weighted by atomic mass is 127. The number of imidazole rings is 1. The van der Waals surface area contributed by atoms with Gasteiger partial charge in [-0.25, -0.2) is 9.98 Å². The van der Waals surface area contributed by atoms with Gasteiger partial charge in [-0.15, -0.1) is 24.0 Å². The molecule has 0 aliphatic carbocycles. The van der Waals surface area contributed by atoms with Crippen molar-refractivity contribution in [3.8, 4) is 0 Å². The van der Waals surface area contributed by atoms with Gasteiger partial charge in [-0.1, -0.05) is 23.8 Å². The lowest BCUT2D eigenvalue weighted by Crippen LogP contribution is -2.40. The molecule has 0 aliphatic rings. The van der Waals surface area contributed by atoms with Crippen molar-refractivity contribution < 1.29 is 4.42 Å². The fraction of sp³-hybridized carbons (Fsp3) is 0.412. The van der Waals surface area contributed by atoms with Gasteiger partial charge in [-0.3, -0.25) is 0 Å². The molecule has 0 saturated carbocycles. The Labute approximate surface area is 171 Å².